The maximum Gasteiger partial charge on any atom is 0.220 e. The molecule has 0 radical (unpaired) electrons. The fraction of sp³-hybridized carbons (Fsp3) is 0.933. The number of hydrogen-bond donors (Lipinski definition) is 2. The third-order valence-corrected chi connectivity index (χ3v) is 6.38. The van der Waals surface area contributed by atoms with Gasteiger partial charge in [-0.3, -0.25) is 4.79 Å². The Hall–Kier alpha value is -0.220. The first kappa shape index (κ1) is 15.2. The maximum atomic E-state index is 12.2. The van der Waals surface area contributed by atoms with Crippen molar-refractivity contribution < 1.29 is 4.79 Å². The number of nitrogens with two attached hydrogens (primary N) is 1. The van der Waals surface area contributed by atoms with Crippen LogP contribution < -0.4 is 11.1 Å². The van der Waals surface area contributed by atoms with Gasteiger partial charge in [0.1, 0.15) is 0 Å². The first-order chi connectivity index (χ1) is 9.08. The van der Waals surface area contributed by atoms with Gasteiger partial charge in [-0.1, -0.05) is 19.3 Å². The molecule has 1 heterocycles. The predicted octanol–water partition coefficient (Wildman–Crippen LogP) is 2.69. The average molecular weight is 284 g/mol. The Morgan fingerprint density at radius 3 is 2.53 bits per heavy atom. The van der Waals surface area contributed by atoms with Gasteiger partial charge < -0.3 is 11.1 Å². The molecule has 1 saturated heterocycles. The lowest BCUT2D eigenvalue weighted by Gasteiger charge is -2.36. The monoisotopic (exact) mass is 284 g/mol. The van der Waals surface area contributed by atoms with Crippen LogP contribution in [-0.4, -0.2) is 29.5 Å². The van der Waals surface area contributed by atoms with Crippen molar-refractivity contribution in [1.29, 1.82) is 0 Å². The molecule has 1 amide bonds. The van der Waals surface area contributed by atoms with Crippen LogP contribution in [0.4, 0.5) is 0 Å². The molecule has 2 fully saturated rings. The molecule has 2 aliphatic rings. The highest BCUT2D eigenvalue weighted by atomic mass is 32.2. The van der Waals surface area contributed by atoms with E-state index in [9.17, 15) is 4.79 Å². The van der Waals surface area contributed by atoms with E-state index in [0.29, 0.717) is 13.0 Å². The average Bonchev–Trinajstić information content (AvgIpc) is 2.85. The van der Waals surface area contributed by atoms with Crippen molar-refractivity contribution in [2.24, 2.45) is 11.1 Å². The number of rotatable bonds is 5. The quantitative estimate of drug-likeness (QED) is 0.816. The second-order valence-electron chi connectivity index (χ2n) is 6.62. The zero-order valence-corrected chi connectivity index (χ0v) is 13.0. The third kappa shape index (κ3) is 4.12. The van der Waals surface area contributed by atoms with Gasteiger partial charge in [0.2, 0.25) is 5.91 Å². The van der Waals surface area contributed by atoms with Crippen molar-refractivity contribution in [2.45, 2.75) is 63.0 Å². The molecule has 0 aromatic rings. The van der Waals surface area contributed by atoms with Crippen LogP contribution in [0.1, 0.15) is 58.3 Å². The van der Waals surface area contributed by atoms with Crippen LogP contribution in [0.5, 0.6) is 0 Å². The molecule has 0 aromatic heterocycles. The molecule has 3 nitrogen and oxygen atoms in total. The Kier molecular flexibility index (Phi) is 5.18. The molecule has 110 valence electrons. The highest BCUT2D eigenvalue weighted by Crippen LogP contribution is 2.39. The number of carbonyl (C=O) groups is 1. The molecule has 4 heteroatoms. The molecular weight excluding hydrogens is 256 g/mol. The number of amides is 1. The summed E-state index contributed by atoms with van der Waals surface area (Å²) in [7, 11) is 0. The molecule has 3 N–H and O–H groups in total. The lowest BCUT2D eigenvalue weighted by atomic mass is 9.71. The summed E-state index contributed by atoms with van der Waals surface area (Å²) in [6, 6.07) is 0. The standard InChI is InChI=1S/C15H28N2OS/c1-14(6-5-9-19-14)12-17-13(18)10-15(11-16)7-3-2-4-8-15/h2-12,16H2,1H3,(H,17,18). The van der Waals surface area contributed by atoms with Crippen LogP contribution >= 0.6 is 11.8 Å². The fourth-order valence-corrected chi connectivity index (χ4v) is 4.66. The van der Waals surface area contributed by atoms with Gasteiger partial charge >= 0.3 is 0 Å². The number of carbonyl (C=O) groups excluding carboxylic acids is 1. The molecule has 19 heavy (non-hydrogen) atoms. The fourth-order valence-electron chi connectivity index (χ4n) is 3.42. The van der Waals surface area contributed by atoms with Crippen molar-refractivity contribution in [2.75, 3.05) is 18.8 Å². The van der Waals surface area contributed by atoms with Gasteiger partial charge in [-0.25, -0.2) is 0 Å². The minimum atomic E-state index is 0.0893. The van der Waals surface area contributed by atoms with Gasteiger partial charge in [-0.15, -0.1) is 0 Å². The number of thioether (sulfide) groups is 1. The van der Waals surface area contributed by atoms with Gasteiger partial charge in [0.05, 0.1) is 0 Å². The maximum absolute atomic E-state index is 12.2. The lowest BCUT2D eigenvalue weighted by molar-refractivity contribution is -0.124. The normalized spacial score (nSPS) is 30.2. The van der Waals surface area contributed by atoms with Crippen molar-refractivity contribution >= 4 is 17.7 Å². The zero-order chi connectivity index (χ0) is 13.8. The van der Waals surface area contributed by atoms with E-state index in [2.05, 4.69) is 12.2 Å². The van der Waals surface area contributed by atoms with Crippen molar-refractivity contribution in [3.63, 3.8) is 0 Å². The van der Waals surface area contributed by atoms with E-state index in [4.69, 9.17) is 5.73 Å². The van der Waals surface area contributed by atoms with Crippen molar-refractivity contribution in [1.82, 2.24) is 5.32 Å². The van der Waals surface area contributed by atoms with Gasteiger partial charge in [-0.2, -0.15) is 11.8 Å². The first-order valence-electron chi connectivity index (χ1n) is 7.68. The smallest absolute Gasteiger partial charge is 0.220 e. The molecule has 1 unspecified atom stereocenters. The summed E-state index contributed by atoms with van der Waals surface area (Å²) in [6.07, 6.45) is 9.16. The zero-order valence-electron chi connectivity index (χ0n) is 12.2. The first-order valence-corrected chi connectivity index (χ1v) is 8.67. The van der Waals surface area contributed by atoms with Gasteiger partial charge in [-0.05, 0) is 50.3 Å². The predicted molar refractivity (Wildman–Crippen MR) is 82.3 cm³/mol. The van der Waals surface area contributed by atoms with Crippen LogP contribution in [0.15, 0.2) is 0 Å². The Bertz CT molecular complexity index is 307. The minimum absolute atomic E-state index is 0.0893. The Labute approximate surface area is 121 Å². The second-order valence-corrected chi connectivity index (χ2v) is 8.30. The van der Waals surface area contributed by atoms with Crippen molar-refractivity contribution in [3.05, 3.63) is 0 Å². The Balaban J connectivity index is 1.79. The minimum Gasteiger partial charge on any atom is -0.355 e. The van der Waals surface area contributed by atoms with E-state index in [1.807, 2.05) is 11.8 Å². The van der Waals surface area contributed by atoms with Crippen LogP contribution in [0.3, 0.4) is 0 Å². The van der Waals surface area contributed by atoms with Crippen LogP contribution in [0.25, 0.3) is 0 Å². The van der Waals surface area contributed by atoms with E-state index in [1.165, 1.54) is 37.9 Å². The van der Waals surface area contributed by atoms with E-state index >= 15 is 0 Å². The summed E-state index contributed by atoms with van der Waals surface area (Å²) >= 11 is 2.00. The largest absolute Gasteiger partial charge is 0.355 e. The molecule has 1 atom stereocenters. The summed E-state index contributed by atoms with van der Waals surface area (Å²) in [6.45, 7) is 3.74. The van der Waals surface area contributed by atoms with Gasteiger partial charge in [0.15, 0.2) is 0 Å². The lowest BCUT2D eigenvalue weighted by Crippen LogP contribution is -2.42. The molecule has 2 rings (SSSR count). The van der Waals surface area contributed by atoms with Crippen LogP contribution in [0, 0.1) is 5.41 Å². The number of nitrogens with one attached hydrogen (secondary N) is 1. The Morgan fingerprint density at radius 1 is 1.21 bits per heavy atom. The molecule has 1 aliphatic carbocycles. The summed E-state index contributed by atoms with van der Waals surface area (Å²) < 4.78 is 0.262. The second kappa shape index (κ2) is 6.49. The van der Waals surface area contributed by atoms with E-state index in [-0.39, 0.29) is 16.1 Å². The highest BCUT2D eigenvalue weighted by molar-refractivity contribution is 8.00. The summed E-state index contributed by atoms with van der Waals surface area (Å²) in [5.74, 6) is 1.44. The highest BCUT2D eigenvalue weighted by Gasteiger charge is 2.34. The van der Waals surface area contributed by atoms with Crippen LogP contribution in [-0.2, 0) is 4.79 Å². The number of hydrogen-bond acceptors (Lipinski definition) is 3. The SMILES string of the molecule is CC1(CNC(=O)CC2(CN)CCCCC2)CCCS1. The van der Waals surface area contributed by atoms with E-state index in [0.717, 1.165) is 19.4 Å². The molecule has 0 bridgehead atoms. The molecule has 0 spiro atoms. The third-order valence-electron chi connectivity index (χ3n) is 4.84. The molecular formula is C15H28N2OS. The summed E-state index contributed by atoms with van der Waals surface area (Å²) in [4.78, 5) is 12.2. The molecule has 1 saturated carbocycles. The van der Waals surface area contributed by atoms with Gasteiger partial charge in [0, 0.05) is 17.7 Å². The van der Waals surface area contributed by atoms with Gasteiger partial charge in [0.25, 0.3) is 0 Å². The summed E-state index contributed by atoms with van der Waals surface area (Å²) in [5.41, 5.74) is 6.04. The van der Waals surface area contributed by atoms with Crippen LogP contribution in [0.2, 0.25) is 0 Å². The Morgan fingerprint density at radius 2 is 1.95 bits per heavy atom. The van der Waals surface area contributed by atoms with E-state index < -0.39 is 0 Å². The van der Waals surface area contributed by atoms with Crippen molar-refractivity contribution in [3.8, 4) is 0 Å². The van der Waals surface area contributed by atoms with E-state index in [1.54, 1.807) is 0 Å². The topological polar surface area (TPSA) is 55.1 Å². The molecule has 1 aliphatic heterocycles. The molecule has 0 aromatic carbocycles. The summed E-state index contributed by atoms with van der Waals surface area (Å²) in [5, 5.41) is 3.16.